The molecule has 0 N–H and O–H groups in total. The average Bonchev–Trinajstić information content (AvgIpc) is 3.29. The molecule has 0 bridgehead atoms. The third kappa shape index (κ3) is 3.39. The van der Waals surface area contributed by atoms with E-state index in [1.807, 2.05) is 13.0 Å². The number of imidazole rings is 1. The molecule has 0 saturated carbocycles. The average molecular weight is 376 g/mol. The number of thiophene rings is 1. The third-order valence-corrected chi connectivity index (χ3v) is 5.86. The predicted molar refractivity (Wildman–Crippen MR) is 101 cm³/mol. The number of halogens is 2. The molecule has 0 unspecified atom stereocenters. The number of hydrogen-bond donors (Lipinski definition) is 0. The SMILES string of the molecule is C[C@@H](c1nc2ccccc2n1C(F)F)N1CCN(Cc2ccsc2)CC1. The Bertz CT molecular complexity index is 854. The first-order valence-corrected chi connectivity index (χ1v) is 9.80. The molecule has 7 heteroatoms. The fraction of sp³-hybridized carbons (Fsp3) is 0.421. The molecular formula is C19H22F2N4S. The lowest BCUT2D eigenvalue weighted by atomic mass is 10.2. The minimum Gasteiger partial charge on any atom is -0.297 e. The van der Waals surface area contributed by atoms with E-state index in [2.05, 4.69) is 31.6 Å². The molecule has 0 aliphatic carbocycles. The van der Waals surface area contributed by atoms with Crippen LogP contribution < -0.4 is 0 Å². The third-order valence-electron chi connectivity index (χ3n) is 5.13. The fourth-order valence-corrected chi connectivity index (χ4v) is 4.34. The molecule has 4 rings (SSSR count). The highest BCUT2D eigenvalue weighted by Gasteiger charge is 2.28. The zero-order chi connectivity index (χ0) is 18.1. The molecule has 0 amide bonds. The van der Waals surface area contributed by atoms with Gasteiger partial charge in [0.15, 0.2) is 0 Å². The van der Waals surface area contributed by atoms with E-state index < -0.39 is 6.55 Å². The second kappa shape index (κ2) is 7.42. The van der Waals surface area contributed by atoms with E-state index >= 15 is 0 Å². The van der Waals surface area contributed by atoms with Crippen molar-refractivity contribution in [1.82, 2.24) is 19.4 Å². The van der Waals surface area contributed by atoms with Crippen LogP contribution in [0.2, 0.25) is 0 Å². The van der Waals surface area contributed by atoms with Crippen molar-refractivity contribution in [2.75, 3.05) is 26.2 Å². The number of aromatic nitrogens is 2. The lowest BCUT2D eigenvalue weighted by Crippen LogP contribution is -2.47. The Hall–Kier alpha value is -1.83. The molecule has 1 saturated heterocycles. The molecule has 26 heavy (non-hydrogen) atoms. The van der Waals surface area contributed by atoms with Gasteiger partial charge in [-0.25, -0.2) is 4.98 Å². The van der Waals surface area contributed by atoms with E-state index in [9.17, 15) is 8.78 Å². The first kappa shape index (κ1) is 17.6. The van der Waals surface area contributed by atoms with Crippen molar-refractivity contribution in [1.29, 1.82) is 0 Å². The molecule has 1 atom stereocenters. The van der Waals surface area contributed by atoms with E-state index in [1.54, 1.807) is 29.5 Å². The number of hydrogen-bond acceptors (Lipinski definition) is 4. The Kier molecular flexibility index (Phi) is 5.02. The van der Waals surface area contributed by atoms with Gasteiger partial charge < -0.3 is 0 Å². The van der Waals surface area contributed by atoms with E-state index in [0.717, 1.165) is 37.3 Å². The highest BCUT2D eigenvalue weighted by Crippen LogP contribution is 2.30. The Labute approximate surface area is 155 Å². The molecule has 0 spiro atoms. The van der Waals surface area contributed by atoms with Gasteiger partial charge in [0.25, 0.3) is 0 Å². The Morgan fingerprint density at radius 3 is 2.58 bits per heavy atom. The normalized spacial score (nSPS) is 18.0. The van der Waals surface area contributed by atoms with Crippen LogP contribution in [0, 0.1) is 0 Å². The van der Waals surface area contributed by atoms with Crippen LogP contribution >= 0.6 is 11.3 Å². The summed E-state index contributed by atoms with van der Waals surface area (Å²) in [4.78, 5) is 9.19. The lowest BCUT2D eigenvalue weighted by molar-refractivity contribution is 0.0558. The quantitative estimate of drug-likeness (QED) is 0.661. The zero-order valence-electron chi connectivity index (χ0n) is 14.7. The van der Waals surface area contributed by atoms with Crippen molar-refractivity contribution >= 4 is 22.4 Å². The van der Waals surface area contributed by atoms with Crippen molar-refractivity contribution in [3.63, 3.8) is 0 Å². The highest BCUT2D eigenvalue weighted by molar-refractivity contribution is 7.07. The maximum absolute atomic E-state index is 13.7. The summed E-state index contributed by atoms with van der Waals surface area (Å²) in [5.74, 6) is 0.451. The number of alkyl halides is 2. The van der Waals surface area contributed by atoms with Gasteiger partial charge in [0.2, 0.25) is 0 Å². The number of para-hydroxylation sites is 2. The molecule has 138 valence electrons. The molecule has 4 nitrogen and oxygen atoms in total. The summed E-state index contributed by atoms with van der Waals surface area (Å²) in [6.07, 6.45) is 0. The number of fused-ring (bicyclic) bond motifs is 1. The van der Waals surface area contributed by atoms with Gasteiger partial charge in [-0.3, -0.25) is 14.4 Å². The van der Waals surface area contributed by atoms with Crippen LogP contribution in [-0.2, 0) is 6.54 Å². The summed E-state index contributed by atoms with van der Waals surface area (Å²) in [6.45, 7) is 3.95. The van der Waals surface area contributed by atoms with Crippen molar-refractivity contribution in [3.05, 3.63) is 52.5 Å². The summed E-state index contributed by atoms with van der Waals surface area (Å²) in [5, 5.41) is 4.28. The van der Waals surface area contributed by atoms with Gasteiger partial charge in [-0.2, -0.15) is 20.1 Å². The molecule has 2 aromatic heterocycles. The summed E-state index contributed by atoms with van der Waals surface area (Å²) in [6, 6.07) is 9.14. The molecule has 3 aromatic rings. The Balaban J connectivity index is 1.49. The standard InChI is InChI=1S/C19H22F2N4S/c1-14(18-22-16-4-2-3-5-17(16)25(18)19(20)21)24-9-7-23(8-10-24)12-15-6-11-26-13-15/h2-6,11,13-14,19H,7-10,12H2,1H3/t14-/m0/s1. The van der Waals surface area contributed by atoms with Crippen LogP contribution in [0.25, 0.3) is 11.0 Å². The lowest BCUT2D eigenvalue weighted by Gasteiger charge is -2.37. The molecule has 3 heterocycles. The minimum absolute atomic E-state index is 0.139. The maximum atomic E-state index is 13.7. The van der Waals surface area contributed by atoms with Crippen LogP contribution in [0.3, 0.4) is 0 Å². The fourth-order valence-electron chi connectivity index (χ4n) is 3.68. The Morgan fingerprint density at radius 1 is 1.12 bits per heavy atom. The molecule has 1 fully saturated rings. The van der Waals surface area contributed by atoms with E-state index in [4.69, 9.17) is 0 Å². The summed E-state index contributed by atoms with van der Waals surface area (Å²) in [7, 11) is 0. The van der Waals surface area contributed by atoms with E-state index in [0.29, 0.717) is 16.9 Å². The van der Waals surface area contributed by atoms with Gasteiger partial charge in [-0.15, -0.1) is 0 Å². The van der Waals surface area contributed by atoms with Crippen molar-refractivity contribution < 1.29 is 8.78 Å². The van der Waals surface area contributed by atoms with Gasteiger partial charge in [0.05, 0.1) is 17.1 Å². The second-order valence-corrected chi connectivity index (χ2v) is 7.51. The van der Waals surface area contributed by atoms with Crippen LogP contribution in [0.1, 0.15) is 30.9 Å². The molecule has 1 aliphatic rings. The highest BCUT2D eigenvalue weighted by atomic mass is 32.1. The van der Waals surface area contributed by atoms with Gasteiger partial charge in [0.1, 0.15) is 5.82 Å². The largest absolute Gasteiger partial charge is 0.320 e. The van der Waals surface area contributed by atoms with Crippen molar-refractivity contribution in [2.24, 2.45) is 0 Å². The predicted octanol–water partition coefficient (Wildman–Crippen LogP) is 4.37. The molecule has 1 aliphatic heterocycles. The molecule has 1 aromatic carbocycles. The number of nitrogens with zero attached hydrogens (tertiary/aromatic N) is 4. The Morgan fingerprint density at radius 2 is 1.88 bits per heavy atom. The summed E-state index contributed by atoms with van der Waals surface area (Å²) < 4.78 is 28.5. The monoisotopic (exact) mass is 376 g/mol. The van der Waals surface area contributed by atoms with E-state index in [1.165, 1.54) is 5.56 Å². The molecular weight excluding hydrogens is 354 g/mol. The summed E-state index contributed by atoms with van der Waals surface area (Å²) in [5.41, 5.74) is 2.47. The van der Waals surface area contributed by atoms with Crippen LogP contribution in [0.15, 0.2) is 41.1 Å². The van der Waals surface area contributed by atoms with Crippen LogP contribution in [-0.4, -0.2) is 45.5 Å². The van der Waals surface area contributed by atoms with Crippen molar-refractivity contribution in [2.45, 2.75) is 26.1 Å². The first-order chi connectivity index (χ1) is 12.6. The zero-order valence-corrected chi connectivity index (χ0v) is 15.5. The van der Waals surface area contributed by atoms with Crippen molar-refractivity contribution in [3.8, 4) is 0 Å². The van der Waals surface area contributed by atoms with Crippen LogP contribution in [0.4, 0.5) is 8.78 Å². The summed E-state index contributed by atoms with van der Waals surface area (Å²) >= 11 is 1.72. The number of rotatable bonds is 5. The second-order valence-electron chi connectivity index (χ2n) is 6.73. The van der Waals surface area contributed by atoms with Gasteiger partial charge in [0, 0.05) is 32.7 Å². The van der Waals surface area contributed by atoms with E-state index in [-0.39, 0.29) is 6.04 Å². The van der Waals surface area contributed by atoms with Gasteiger partial charge in [-0.05, 0) is 41.4 Å². The topological polar surface area (TPSA) is 24.3 Å². The first-order valence-electron chi connectivity index (χ1n) is 8.86. The van der Waals surface area contributed by atoms with Gasteiger partial charge in [-0.1, -0.05) is 12.1 Å². The number of benzene rings is 1. The molecule has 0 radical (unpaired) electrons. The smallest absolute Gasteiger partial charge is 0.297 e. The maximum Gasteiger partial charge on any atom is 0.320 e. The van der Waals surface area contributed by atoms with Gasteiger partial charge >= 0.3 is 6.55 Å². The van der Waals surface area contributed by atoms with Crippen LogP contribution in [0.5, 0.6) is 0 Å². The minimum atomic E-state index is -2.58. The number of piperazine rings is 1.